The predicted octanol–water partition coefficient (Wildman–Crippen LogP) is 11.4. The lowest BCUT2D eigenvalue weighted by Crippen LogP contribution is -2.03. The van der Waals surface area contributed by atoms with Gasteiger partial charge in [0.15, 0.2) is 0 Å². The van der Waals surface area contributed by atoms with Crippen molar-refractivity contribution in [2.24, 2.45) is 0 Å². The summed E-state index contributed by atoms with van der Waals surface area (Å²) in [6, 6.07) is 44.2. The maximum absolute atomic E-state index is 6.54. The molecule has 0 saturated heterocycles. The number of rotatable bonds is 2. The van der Waals surface area contributed by atoms with Crippen molar-refractivity contribution in [2.75, 3.05) is 0 Å². The quantitative estimate of drug-likeness (QED) is 0.196. The fourth-order valence-electron chi connectivity index (χ4n) is 7.28. The van der Waals surface area contributed by atoms with E-state index in [2.05, 4.69) is 95.6 Å². The number of aromatic nitrogens is 3. The minimum absolute atomic E-state index is 0.545. The number of fused-ring (bicyclic) bond motifs is 13. The first-order valence-electron chi connectivity index (χ1n) is 15.3. The molecule has 6 heteroatoms. The van der Waals surface area contributed by atoms with Gasteiger partial charge in [-0.25, -0.2) is 4.98 Å². The molecule has 0 aliphatic heterocycles. The van der Waals surface area contributed by atoms with Gasteiger partial charge in [0.2, 0.25) is 11.7 Å². The highest BCUT2D eigenvalue weighted by Crippen LogP contribution is 2.44. The molecule has 11 rings (SSSR count). The van der Waals surface area contributed by atoms with Crippen LogP contribution in [0.1, 0.15) is 0 Å². The van der Waals surface area contributed by atoms with Crippen LogP contribution >= 0.6 is 11.3 Å². The predicted molar refractivity (Wildman–Crippen MR) is 189 cm³/mol. The van der Waals surface area contributed by atoms with Gasteiger partial charge in [-0.3, -0.25) is 4.57 Å². The molecule has 214 valence electrons. The van der Waals surface area contributed by atoms with E-state index in [1.54, 1.807) is 0 Å². The van der Waals surface area contributed by atoms with Crippen molar-refractivity contribution >= 4 is 97.3 Å². The molecule has 5 aromatic heterocycles. The van der Waals surface area contributed by atoms with Crippen LogP contribution in [-0.4, -0.2) is 14.5 Å². The largest absolute Gasteiger partial charge is 0.455 e. The summed E-state index contributed by atoms with van der Waals surface area (Å²) in [5, 5.41) is 8.80. The molecule has 0 atom stereocenters. The van der Waals surface area contributed by atoms with Crippen LogP contribution in [0.3, 0.4) is 0 Å². The average Bonchev–Trinajstić information content (AvgIpc) is 3.86. The topological polar surface area (TPSA) is 57.0 Å². The monoisotopic (exact) mass is 607 g/mol. The zero-order valence-electron chi connectivity index (χ0n) is 24.2. The van der Waals surface area contributed by atoms with Crippen LogP contribution in [0.15, 0.2) is 136 Å². The highest BCUT2D eigenvalue weighted by atomic mass is 32.1. The van der Waals surface area contributed by atoms with E-state index in [9.17, 15) is 0 Å². The molecule has 5 heterocycles. The van der Waals surface area contributed by atoms with E-state index in [0.717, 1.165) is 66.0 Å². The summed E-state index contributed by atoms with van der Waals surface area (Å²) in [7, 11) is 0. The number of benzene rings is 6. The summed E-state index contributed by atoms with van der Waals surface area (Å²) in [6.45, 7) is 0. The Morgan fingerprint density at radius 3 is 2.11 bits per heavy atom. The molecule has 0 radical (unpaired) electrons. The van der Waals surface area contributed by atoms with E-state index in [1.165, 1.54) is 25.6 Å². The highest BCUT2D eigenvalue weighted by Gasteiger charge is 2.24. The third kappa shape index (κ3) is 3.13. The first-order chi connectivity index (χ1) is 22.8. The van der Waals surface area contributed by atoms with Gasteiger partial charge < -0.3 is 8.83 Å². The average molecular weight is 608 g/mol. The number of para-hydroxylation sites is 4. The van der Waals surface area contributed by atoms with Crippen molar-refractivity contribution in [2.45, 2.75) is 0 Å². The Bertz CT molecular complexity index is 3050. The summed E-state index contributed by atoms with van der Waals surface area (Å²) in [4.78, 5) is 10.6. The molecule has 0 unspecified atom stereocenters. The van der Waals surface area contributed by atoms with Gasteiger partial charge in [-0.05, 0) is 30.3 Å². The molecule has 46 heavy (non-hydrogen) atoms. The van der Waals surface area contributed by atoms with Crippen LogP contribution in [0.5, 0.6) is 0 Å². The summed E-state index contributed by atoms with van der Waals surface area (Å²) >= 11 is 1.81. The maximum atomic E-state index is 6.54. The number of hydrogen-bond acceptors (Lipinski definition) is 5. The Kier molecular flexibility index (Phi) is 4.66. The third-order valence-electron chi connectivity index (χ3n) is 9.27. The normalized spacial score (nSPS) is 12.3. The fraction of sp³-hybridized carbons (Fsp3) is 0. The van der Waals surface area contributed by atoms with Crippen LogP contribution < -0.4 is 0 Å². The van der Waals surface area contributed by atoms with Crippen LogP contribution in [0.25, 0.3) is 103 Å². The fourth-order valence-corrected chi connectivity index (χ4v) is 8.52. The Morgan fingerprint density at radius 2 is 1.22 bits per heavy atom. The summed E-state index contributed by atoms with van der Waals surface area (Å²) < 4.78 is 17.7. The lowest BCUT2D eigenvalue weighted by atomic mass is 10.0. The first-order valence-corrected chi connectivity index (χ1v) is 16.1. The molecule has 0 N–H and O–H groups in total. The molecule has 6 aromatic carbocycles. The number of hydrogen-bond donors (Lipinski definition) is 0. The highest BCUT2D eigenvalue weighted by molar-refractivity contribution is 7.26. The summed E-state index contributed by atoms with van der Waals surface area (Å²) in [5.74, 6) is 0.561. The molecule has 0 bridgehead atoms. The Hall–Kier alpha value is -5.98. The Morgan fingerprint density at radius 1 is 0.522 bits per heavy atom. The van der Waals surface area contributed by atoms with Crippen molar-refractivity contribution in [3.05, 3.63) is 127 Å². The minimum Gasteiger partial charge on any atom is -0.455 e. The van der Waals surface area contributed by atoms with Gasteiger partial charge in [-0.15, -0.1) is 11.3 Å². The van der Waals surface area contributed by atoms with Crippen LogP contribution in [-0.2, 0) is 0 Å². The van der Waals surface area contributed by atoms with E-state index in [-0.39, 0.29) is 0 Å². The van der Waals surface area contributed by atoms with E-state index < -0.39 is 0 Å². The SMILES string of the molecule is c1ccc2c(c1)oc1c(-c3nc(-n4c5ccccc5c5ccc6c7ccccc7sc6c54)nc4oc5ccccc5c34)cccc12. The molecule has 0 aliphatic carbocycles. The molecule has 0 aliphatic rings. The van der Waals surface area contributed by atoms with Crippen molar-refractivity contribution in [3.8, 4) is 17.2 Å². The van der Waals surface area contributed by atoms with E-state index >= 15 is 0 Å². The zero-order valence-corrected chi connectivity index (χ0v) is 25.0. The Labute approximate surface area is 264 Å². The van der Waals surface area contributed by atoms with Gasteiger partial charge in [-0.1, -0.05) is 97.1 Å². The van der Waals surface area contributed by atoms with Crippen LogP contribution in [0.2, 0.25) is 0 Å². The molecular formula is C40H21N3O2S. The van der Waals surface area contributed by atoms with Crippen molar-refractivity contribution in [1.82, 2.24) is 14.5 Å². The van der Waals surface area contributed by atoms with Crippen LogP contribution in [0, 0.1) is 0 Å². The molecule has 11 aromatic rings. The molecule has 0 amide bonds. The van der Waals surface area contributed by atoms with E-state index in [0.29, 0.717) is 11.7 Å². The second kappa shape index (κ2) is 8.81. The first kappa shape index (κ1) is 24.4. The Balaban J connectivity index is 1.32. The standard InChI is InChI=1S/C40H21N3O2S/c1-5-16-30-22(10-1)25-20-21-27-24-12-4-8-19-33(24)46-38(27)36(25)43(30)40-41-35(34-28-13-3-7-18-32(28)45-39(34)42-40)29-15-9-14-26-23-11-2-6-17-31(23)44-37(26)29/h1-21H. The van der Waals surface area contributed by atoms with Gasteiger partial charge >= 0.3 is 0 Å². The van der Waals surface area contributed by atoms with Crippen molar-refractivity contribution < 1.29 is 8.83 Å². The van der Waals surface area contributed by atoms with Gasteiger partial charge in [0.1, 0.15) is 16.7 Å². The number of furan rings is 2. The number of thiophene rings is 1. The molecule has 0 saturated carbocycles. The second-order valence-electron chi connectivity index (χ2n) is 11.7. The third-order valence-corrected chi connectivity index (χ3v) is 10.5. The van der Waals surface area contributed by atoms with Gasteiger partial charge in [-0.2, -0.15) is 4.98 Å². The lowest BCUT2D eigenvalue weighted by Gasteiger charge is -2.10. The zero-order chi connectivity index (χ0) is 29.9. The molecule has 0 fully saturated rings. The summed E-state index contributed by atoms with van der Waals surface area (Å²) in [5.41, 5.74) is 6.80. The van der Waals surface area contributed by atoms with E-state index in [1.807, 2.05) is 47.7 Å². The number of nitrogens with zero attached hydrogens (tertiary/aromatic N) is 3. The smallest absolute Gasteiger partial charge is 0.238 e. The molecule has 5 nitrogen and oxygen atoms in total. The lowest BCUT2D eigenvalue weighted by molar-refractivity contribution is 0.651. The molecular weight excluding hydrogens is 587 g/mol. The van der Waals surface area contributed by atoms with Crippen LogP contribution in [0.4, 0.5) is 0 Å². The minimum atomic E-state index is 0.545. The van der Waals surface area contributed by atoms with Crippen molar-refractivity contribution in [1.29, 1.82) is 0 Å². The molecule has 0 spiro atoms. The van der Waals surface area contributed by atoms with Gasteiger partial charge in [0.05, 0.1) is 26.8 Å². The summed E-state index contributed by atoms with van der Waals surface area (Å²) in [6.07, 6.45) is 0. The van der Waals surface area contributed by atoms with Crippen molar-refractivity contribution in [3.63, 3.8) is 0 Å². The maximum Gasteiger partial charge on any atom is 0.238 e. The second-order valence-corrected chi connectivity index (χ2v) is 12.8. The van der Waals surface area contributed by atoms with E-state index in [4.69, 9.17) is 18.8 Å². The van der Waals surface area contributed by atoms with Gasteiger partial charge in [0.25, 0.3) is 0 Å². The van der Waals surface area contributed by atoms with Gasteiger partial charge in [0, 0.05) is 48.0 Å².